The van der Waals surface area contributed by atoms with Crippen molar-refractivity contribution in [1.82, 2.24) is 9.88 Å². The second-order valence-corrected chi connectivity index (χ2v) is 5.62. The summed E-state index contributed by atoms with van der Waals surface area (Å²) in [7, 11) is 5.63. The number of hydrogen-bond acceptors (Lipinski definition) is 5. The lowest BCUT2D eigenvalue weighted by Crippen LogP contribution is -2.30. The summed E-state index contributed by atoms with van der Waals surface area (Å²) in [5, 5.41) is 0. The Hall–Kier alpha value is -2.89. The molecule has 6 nitrogen and oxygen atoms in total. The molecule has 1 aromatic heterocycles. The van der Waals surface area contributed by atoms with E-state index in [1.54, 1.807) is 19.2 Å². The molecule has 0 aliphatic heterocycles. The van der Waals surface area contributed by atoms with Crippen molar-refractivity contribution < 1.29 is 14.3 Å². The summed E-state index contributed by atoms with van der Waals surface area (Å²) < 4.78 is 5.03. The Bertz CT molecular complexity index is 684. The van der Waals surface area contributed by atoms with Crippen molar-refractivity contribution in [1.29, 1.82) is 0 Å². The molecule has 6 heteroatoms. The highest BCUT2D eigenvalue weighted by atomic mass is 16.5. The molecule has 0 unspecified atom stereocenters. The highest BCUT2D eigenvalue weighted by Gasteiger charge is 2.13. The van der Waals surface area contributed by atoms with E-state index in [4.69, 9.17) is 4.74 Å². The van der Waals surface area contributed by atoms with Crippen molar-refractivity contribution >= 4 is 17.6 Å². The van der Waals surface area contributed by atoms with Gasteiger partial charge < -0.3 is 14.5 Å². The van der Waals surface area contributed by atoms with Gasteiger partial charge in [-0.1, -0.05) is 12.1 Å². The average molecular weight is 327 g/mol. The summed E-state index contributed by atoms with van der Waals surface area (Å²) in [6.45, 7) is 0.173. The van der Waals surface area contributed by atoms with Crippen LogP contribution in [0.2, 0.25) is 0 Å². The molecule has 2 aromatic rings. The molecule has 0 bridgehead atoms. The lowest BCUT2D eigenvalue weighted by Gasteiger charge is -2.18. The predicted octanol–water partition coefficient (Wildman–Crippen LogP) is 1.96. The summed E-state index contributed by atoms with van der Waals surface area (Å²) in [6, 6.07) is 11.0. The third-order valence-electron chi connectivity index (χ3n) is 3.54. The van der Waals surface area contributed by atoms with Gasteiger partial charge in [-0.05, 0) is 29.8 Å². The number of ether oxygens (including phenoxy) is 1. The number of nitrogens with zero attached hydrogens (tertiary/aromatic N) is 3. The first-order valence-corrected chi connectivity index (χ1v) is 7.55. The van der Waals surface area contributed by atoms with Crippen LogP contribution >= 0.6 is 0 Å². The van der Waals surface area contributed by atoms with E-state index in [-0.39, 0.29) is 12.5 Å². The standard InChI is InChI=1S/C18H21N3O3/c1-20(2)16-6-4-14(5-7-16)12-21(3)17(22)13-24-18(23)15-8-10-19-11-9-15/h4-11H,12-13H2,1-3H3. The van der Waals surface area contributed by atoms with Crippen LogP contribution in [-0.4, -0.2) is 49.5 Å². The van der Waals surface area contributed by atoms with Crippen LogP contribution in [-0.2, 0) is 16.1 Å². The number of rotatable bonds is 6. The number of likely N-dealkylation sites (N-methyl/N-ethyl adjacent to an activating group) is 1. The molecule has 0 aliphatic rings. The molecule has 24 heavy (non-hydrogen) atoms. The number of carbonyl (C=O) groups is 2. The van der Waals surface area contributed by atoms with Gasteiger partial charge in [0.05, 0.1) is 5.56 Å². The van der Waals surface area contributed by atoms with E-state index in [9.17, 15) is 9.59 Å². The van der Waals surface area contributed by atoms with Crippen molar-refractivity contribution in [3.05, 3.63) is 59.9 Å². The van der Waals surface area contributed by atoms with Crippen LogP contribution in [0.3, 0.4) is 0 Å². The quantitative estimate of drug-likeness (QED) is 0.759. The number of pyridine rings is 1. The summed E-state index contributed by atoms with van der Waals surface area (Å²) in [4.78, 5) is 31.3. The molecule has 1 aromatic carbocycles. The third-order valence-corrected chi connectivity index (χ3v) is 3.54. The molecule has 2 rings (SSSR count). The van der Waals surface area contributed by atoms with Crippen molar-refractivity contribution in [2.24, 2.45) is 0 Å². The molecule has 0 fully saturated rings. The molecular weight excluding hydrogens is 306 g/mol. The molecule has 0 saturated heterocycles. The summed E-state index contributed by atoms with van der Waals surface area (Å²) >= 11 is 0. The van der Waals surface area contributed by atoms with E-state index in [1.165, 1.54) is 17.3 Å². The molecule has 0 saturated carbocycles. The van der Waals surface area contributed by atoms with Crippen molar-refractivity contribution in [2.75, 3.05) is 32.6 Å². The number of hydrogen-bond donors (Lipinski definition) is 0. The van der Waals surface area contributed by atoms with E-state index in [0.717, 1.165) is 11.3 Å². The fourth-order valence-corrected chi connectivity index (χ4v) is 2.07. The van der Waals surface area contributed by atoms with Gasteiger partial charge >= 0.3 is 5.97 Å². The topological polar surface area (TPSA) is 62.7 Å². The van der Waals surface area contributed by atoms with Crippen LogP contribution in [0.15, 0.2) is 48.8 Å². The maximum Gasteiger partial charge on any atom is 0.338 e. The fourth-order valence-electron chi connectivity index (χ4n) is 2.07. The van der Waals surface area contributed by atoms with Gasteiger partial charge in [-0.2, -0.15) is 0 Å². The van der Waals surface area contributed by atoms with E-state index in [1.807, 2.05) is 43.3 Å². The molecule has 0 atom stereocenters. The maximum absolute atomic E-state index is 12.1. The summed E-state index contributed by atoms with van der Waals surface area (Å²) in [5.74, 6) is -0.788. The van der Waals surface area contributed by atoms with Crippen LogP contribution in [0, 0.1) is 0 Å². The maximum atomic E-state index is 12.1. The lowest BCUT2D eigenvalue weighted by atomic mass is 10.2. The smallest absolute Gasteiger partial charge is 0.338 e. The predicted molar refractivity (Wildman–Crippen MR) is 91.8 cm³/mol. The molecule has 0 N–H and O–H groups in total. The van der Waals surface area contributed by atoms with Gasteiger partial charge in [0.2, 0.25) is 0 Å². The monoisotopic (exact) mass is 327 g/mol. The molecule has 1 amide bonds. The largest absolute Gasteiger partial charge is 0.452 e. The van der Waals surface area contributed by atoms with Crippen molar-refractivity contribution in [3.8, 4) is 0 Å². The van der Waals surface area contributed by atoms with Crippen LogP contribution in [0.5, 0.6) is 0 Å². The zero-order chi connectivity index (χ0) is 17.5. The lowest BCUT2D eigenvalue weighted by molar-refractivity contribution is -0.133. The zero-order valence-corrected chi connectivity index (χ0v) is 14.1. The van der Waals surface area contributed by atoms with E-state index in [2.05, 4.69) is 4.98 Å². The minimum atomic E-state index is -0.533. The van der Waals surface area contributed by atoms with E-state index < -0.39 is 5.97 Å². The number of anilines is 1. The number of aromatic nitrogens is 1. The molecule has 0 aliphatic carbocycles. The van der Waals surface area contributed by atoms with Crippen LogP contribution in [0.1, 0.15) is 15.9 Å². The third kappa shape index (κ3) is 4.81. The minimum absolute atomic E-state index is 0.255. The molecule has 1 heterocycles. The molecular formula is C18H21N3O3. The summed E-state index contributed by atoms with van der Waals surface area (Å²) in [6.07, 6.45) is 3.00. The first-order valence-electron chi connectivity index (χ1n) is 7.55. The van der Waals surface area contributed by atoms with Gasteiger partial charge in [0.1, 0.15) is 0 Å². The average Bonchev–Trinajstić information content (AvgIpc) is 2.60. The Kier molecular flexibility index (Phi) is 5.89. The Morgan fingerprint density at radius 1 is 1.00 bits per heavy atom. The number of benzene rings is 1. The van der Waals surface area contributed by atoms with Gasteiger partial charge in [0.15, 0.2) is 6.61 Å². The van der Waals surface area contributed by atoms with Crippen LogP contribution in [0.25, 0.3) is 0 Å². The highest BCUT2D eigenvalue weighted by molar-refractivity contribution is 5.91. The SMILES string of the molecule is CN(Cc1ccc(N(C)C)cc1)C(=O)COC(=O)c1ccncc1. The Labute approximate surface area is 141 Å². The molecule has 0 radical (unpaired) electrons. The van der Waals surface area contributed by atoms with Gasteiger partial charge in [0, 0.05) is 45.8 Å². The van der Waals surface area contributed by atoms with Gasteiger partial charge in [-0.3, -0.25) is 9.78 Å². The first-order chi connectivity index (χ1) is 11.5. The van der Waals surface area contributed by atoms with Crippen LogP contribution < -0.4 is 4.90 Å². The van der Waals surface area contributed by atoms with E-state index >= 15 is 0 Å². The van der Waals surface area contributed by atoms with Gasteiger partial charge in [-0.25, -0.2) is 4.79 Å². The normalized spacial score (nSPS) is 10.1. The van der Waals surface area contributed by atoms with Crippen LogP contribution in [0.4, 0.5) is 5.69 Å². The Morgan fingerprint density at radius 3 is 2.21 bits per heavy atom. The molecule has 126 valence electrons. The van der Waals surface area contributed by atoms with Gasteiger partial charge in [0.25, 0.3) is 5.91 Å². The fraction of sp³-hybridized carbons (Fsp3) is 0.278. The number of carbonyl (C=O) groups excluding carboxylic acids is 2. The van der Waals surface area contributed by atoms with Crippen molar-refractivity contribution in [3.63, 3.8) is 0 Å². The highest BCUT2D eigenvalue weighted by Crippen LogP contribution is 2.13. The zero-order valence-electron chi connectivity index (χ0n) is 14.1. The summed E-state index contributed by atoms with van der Waals surface area (Å²) in [5.41, 5.74) is 2.48. The number of esters is 1. The minimum Gasteiger partial charge on any atom is -0.452 e. The second kappa shape index (κ2) is 8.10. The first kappa shape index (κ1) is 17.5. The Balaban J connectivity index is 1.84. The van der Waals surface area contributed by atoms with Crippen molar-refractivity contribution in [2.45, 2.75) is 6.54 Å². The Morgan fingerprint density at radius 2 is 1.62 bits per heavy atom. The molecule has 0 spiro atoms. The van der Waals surface area contributed by atoms with E-state index in [0.29, 0.717) is 12.1 Å². The number of amides is 1. The van der Waals surface area contributed by atoms with Gasteiger partial charge in [-0.15, -0.1) is 0 Å². The second-order valence-electron chi connectivity index (χ2n) is 5.62.